The molecule has 1 heterocycles. The molecule has 5 heteroatoms. The highest BCUT2D eigenvalue weighted by Crippen LogP contribution is 2.33. The van der Waals surface area contributed by atoms with Gasteiger partial charge >= 0.3 is 0 Å². The highest BCUT2D eigenvalue weighted by atomic mass is 16.5. The predicted molar refractivity (Wildman–Crippen MR) is 118 cm³/mol. The van der Waals surface area contributed by atoms with Crippen LogP contribution in [0.4, 0.5) is 0 Å². The number of rotatable bonds is 8. The molecule has 1 amide bonds. The zero-order chi connectivity index (χ0) is 21.1. The summed E-state index contributed by atoms with van der Waals surface area (Å²) in [4.78, 5) is 12.3. The highest BCUT2D eigenvalue weighted by molar-refractivity contribution is 5.76. The number of amides is 1. The number of hydrogen-bond donors (Lipinski definition) is 1. The second-order valence-corrected chi connectivity index (χ2v) is 8.23. The molecule has 0 aliphatic heterocycles. The van der Waals surface area contributed by atoms with Gasteiger partial charge in [-0.2, -0.15) is 9.78 Å². The van der Waals surface area contributed by atoms with Crippen molar-refractivity contribution < 1.29 is 9.53 Å². The first-order valence-electron chi connectivity index (χ1n) is 10.7. The van der Waals surface area contributed by atoms with Crippen molar-refractivity contribution in [2.45, 2.75) is 46.5 Å². The van der Waals surface area contributed by atoms with Crippen LogP contribution in [0, 0.1) is 26.7 Å². The number of benzene rings is 2. The summed E-state index contributed by atoms with van der Waals surface area (Å²) in [6.07, 6.45) is 3.49. The Bertz CT molecular complexity index is 1050. The molecule has 0 spiro atoms. The summed E-state index contributed by atoms with van der Waals surface area (Å²) in [5.74, 6) is 2.22. The lowest BCUT2D eigenvalue weighted by Gasteiger charge is -2.13. The number of nitrogens with one attached hydrogen (secondary N) is 1. The molecule has 0 atom stereocenters. The summed E-state index contributed by atoms with van der Waals surface area (Å²) in [7, 11) is 0. The van der Waals surface area contributed by atoms with Crippen molar-refractivity contribution in [2.24, 2.45) is 5.92 Å². The van der Waals surface area contributed by atoms with Gasteiger partial charge in [-0.1, -0.05) is 30.3 Å². The van der Waals surface area contributed by atoms with E-state index in [2.05, 4.69) is 18.3 Å². The van der Waals surface area contributed by atoms with Crippen LogP contribution in [0.3, 0.4) is 0 Å². The minimum Gasteiger partial charge on any atom is -0.439 e. The summed E-state index contributed by atoms with van der Waals surface area (Å²) >= 11 is 0. The van der Waals surface area contributed by atoms with Crippen LogP contribution >= 0.6 is 0 Å². The van der Waals surface area contributed by atoms with Crippen LogP contribution in [-0.2, 0) is 11.2 Å². The van der Waals surface area contributed by atoms with E-state index < -0.39 is 0 Å². The fraction of sp³-hybridized carbons (Fsp3) is 0.360. The van der Waals surface area contributed by atoms with Gasteiger partial charge in [0.2, 0.25) is 11.8 Å². The minimum absolute atomic E-state index is 0.0893. The Hall–Kier alpha value is -3.08. The topological polar surface area (TPSA) is 56.1 Å². The van der Waals surface area contributed by atoms with Crippen LogP contribution in [-0.4, -0.2) is 22.2 Å². The molecule has 1 fully saturated rings. The second-order valence-electron chi connectivity index (χ2n) is 8.23. The van der Waals surface area contributed by atoms with Crippen LogP contribution in [0.1, 0.15) is 41.6 Å². The van der Waals surface area contributed by atoms with E-state index >= 15 is 0 Å². The van der Waals surface area contributed by atoms with Gasteiger partial charge in [-0.25, -0.2) is 0 Å². The van der Waals surface area contributed by atoms with Gasteiger partial charge in [0.05, 0.1) is 11.4 Å². The Balaban J connectivity index is 1.63. The van der Waals surface area contributed by atoms with E-state index in [-0.39, 0.29) is 5.91 Å². The van der Waals surface area contributed by atoms with E-state index in [1.165, 1.54) is 12.8 Å². The Kier molecular flexibility index (Phi) is 5.88. The maximum atomic E-state index is 12.3. The lowest BCUT2D eigenvalue weighted by molar-refractivity contribution is -0.121. The first-order valence-corrected chi connectivity index (χ1v) is 10.7. The van der Waals surface area contributed by atoms with Gasteiger partial charge < -0.3 is 10.1 Å². The molecule has 156 valence electrons. The average Bonchev–Trinajstić information content (AvgIpc) is 3.50. The van der Waals surface area contributed by atoms with Crippen LogP contribution in [0.15, 0.2) is 48.5 Å². The molecule has 1 aliphatic rings. The molecular weight excluding hydrogens is 374 g/mol. The highest BCUT2D eigenvalue weighted by Gasteiger charge is 2.23. The zero-order valence-electron chi connectivity index (χ0n) is 17.9. The second kappa shape index (κ2) is 8.74. The summed E-state index contributed by atoms with van der Waals surface area (Å²) in [6, 6.07) is 16.1. The van der Waals surface area contributed by atoms with E-state index in [9.17, 15) is 4.79 Å². The quantitative estimate of drug-likeness (QED) is 0.573. The standard InChI is InChI=1S/C25H29N3O2/c1-17-7-6-9-21(15-17)30-25-22(13-14-24(29)26-16-20-11-12-20)19(3)27-28(25)23-10-5-4-8-18(23)2/h4-10,15,20H,11-14,16H2,1-3H3,(H,26,29). The lowest BCUT2D eigenvalue weighted by atomic mass is 10.1. The van der Waals surface area contributed by atoms with Crippen molar-refractivity contribution in [1.29, 1.82) is 0 Å². The molecule has 4 rings (SSSR count). The monoisotopic (exact) mass is 403 g/mol. The maximum Gasteiger partial charge on any atom is 0.226 e. The van der Waals surface area contributed by atoms with Gasteiger partial charge in [0.15, 0.2) is 0 Å². The Morgan fingerprint density at radius 2 is 1.93 bits per heavy atom. The third-order valence-corrected chi connectivity index (χ3v) is 5.57. The summed E-state index contributed by atoms with van der Waals surface area (Å²) in [5, 5.41) is 7.83. The maximum absolute atomic E-state index is 12.3. The van der Waals surface area contributed by atoms with Crippen molar-refractivity contribution in [2.75, 3.05) is 6.54 Å². The largest absolute Gasteiger partial charge is 0.439 e. The third-order valence-electron chi connectivity index (χ3n) is 5.57. The van der Waals surface area contributed by atoms with Crippen LogP contribution in [0.2, 0.25) is 0 Å². The summed E-state index contributed by atoms with van der Waals surface area (Å²) in [5.41, 5.74) is 5.08. The van der Waals surface area contributed by atoms with Crippen molar-refractivity contribution in [1.82, 2.24) is 15.1 Å². The van der Waals surface area contributed by atoms with Crippen molar-refractivity contribution in [3.05, 3.63) is 70.9 Å². The number of aryl methyl sites for hydroxylation is 3. The molecule has 2 aromatic carbocycles. The number of hydrogen-bond acceptors (Lipinski definition) is 3. The van der Waals surface area contributed by atoms with Crippen LogP contribution < -0.4 is 10.1 Å². The SMILES string of the molecule is Cc1cccc(Oc2c(CCC(=O)NCC3CC3)c(C)nn2-c2ccccc2C)c1. The number of nitrogens with zero attached hydrogens (tertiary/aromatic N) is 2. The molecule has 30 heavy (non-hydrogen) atoms. The fourth-order valence-electron chi connectivity index (χ4n) is 3.59. The van der Waals surface area contributed by atoms with E-state index in [4.69, 9.17) is 9.84 Å². The molecule has 0 unspecified atom stereocenters. The predicted octanol–water partition coefficient (Wildman–Crippen LogP) is 5.05. The molecule has 1 saturated carbocycles. The van der Waals surface area contributed by atoms with E-state index in [0.29, 0.717) is 24.6 Å². The van der Waals surface area contributed by atoms with Crippen LogP contribution in [0.25, 0.3) is 5.69 Å². The number of para-hydroxylation sites is 1. The molecule has 1 aliphatic carbocycles. The lowest BCUT2D eigenvalue weighted by Crippen LogP contribution is -2.25. The number of carbonyl (C=O) groups is 1. The smallest absolute Gasteiger partial charge is 0.226 e. The Labute approximate surface area is 178 Å². The molecule has 0 bridgehead atoms. The first kappa shape index (κ1) is 20.2. The van der Waals surface area contributed by atoms with Gasteiger partial charge in [-0.15, -0.1) is 0 Å². The number of aromatic nitrogens is 2. The van der Waals surface area contributed by atoms with Crippen molar-refractivity contribution in [3.8, 4) is 17.3 Å². The van der Waals surface area contributed by atoms with Gasteiger partial charge in [0.25, 0.3) is 0 Å². The van der Waals surface area contributed by atoms with E-state index in [1.807, 2.05) is 61.0 Å². The summed E-state index contributed by atoms with van der Waals surface area (Å²) in [6.45, 7) is 6.89. The molecule has 3 aromatic rings. The molecule has 1 N–H and O–H groups in total. The summed E-state index contributed by atoms with van der Waals surface area (Å²) < 4.78 is 8.23. The van der Waals surface area contributed by atoms with E-state index in [1.54, 1.807) is 0 Å². The molecule has 1 aromatic heterocycles. The van der Waals surface area contributed by atoms with Crippen molar-refractivity contribution in [3.63, 3.8) is 0 Å². The molecule has 0 saturated heterocycles. The average molecular weight is 404 g/mol. The zero-order valence-corrected chi connectivity index (χ0v) is 17.9. The minimum atomic E-state index is 0.0893. The van der Waals surface area contributed by atoms with Gasteiger partial charge in [0.1, 0.15) is 5.75 Å². The van der Waals surface area contributed by atoms with Crippen molar-refractivity contribution >= 4 is 5.91 Å². The first-order chi connectivity index (χ1) is 14.5. The van der Waals surface area contributed by atoms with Gasteiger partial charge in [-0.3, -0.25) is 4.79 Å². The molecule has 0 radical (unpaired) electrons. The van der Waals surface area contributed by atoms with E-state index in [0.717, 1.165) is 40.4 Å². The third kappa shape index (κ3) is 4.73. The van der Waals surface area contributed by atoms with Gasteiger partial charge in [-0.05, 0) is 75.3 Å². The van der Waals surface area contributed by atoms with Gasteiger partial charge in [0, 0.05) is 18.5 Å². The fourth-order valence-corrected chi connectivity index (χ4v) is 3.59. The Morgan fingerprint density at radius 1 is 1.13 bits per heavy atom. The molecule has 5 nitrogen and oxygen atoms in total. The molecular formula is C25H29N3O2. The Morgan fingerprint density at radius 3 is 2.67 bits per heavy atom. The normalized spacial score (nSPS) is 13.3. The number of carbonyl (C=O) groups excluding carboxylic acids is 1. The number of ether oxygens (including phenoxy) is 1. The van der Waals surface area contributed by atoms with Crippen LogP contribution in [0.5, 0.6) is 11.6 Å².